The number of carbonyl (C=O) groups excluding carboxylic acids is 1. The summed E-state index contributed by atoms with van der Waals surface area (Å²) in [5.41, 5.74) is -1.69. The lowest BCUT2D eigenvalue weighted by molar-refractivity contribution is -0.143. The number of aromatic nitrogens is 4. The van der Waals surface area contributed by atoms with Crippen molar-refractivity contribution in [3.8, 4) is 11.4 Å². The molecule has 1 aliphatic rings. The van der Waals surface area contributed by atoms with Crippen LogP contribution in [0.2, 0.25) is 5.02 Å². The molecule has 0 amide bonds. The predicted octanol–water partition coefficient (Wildman–Crippen LogP) is 7.19. The Morgan fingerprint density at radius 2 is 1.53 bits per heavy atom. The maximum Gasteiger partial charge on any atom is 0.416 e. The fourth-order valence-electron chi connectivity index (χ4n) is 4.22. The largest absolute Gasteiger partial charge is 0.416 e. The van der Waals surface area contributed by atoms with Crippen molar-refractivity contribution in [3.63, 3.8) is 0 Å². The van der Waals surface area contributed by atoms with E-state index < -0.39 is 29.3 Å². The highest BCUT2D eigenvalue weighted by atomic mass is 35.5. The molecule has 4 aromatic rings. The number of carbonyl (C=O) groups is 1. The van der Waals surface area contributed by atoms with E-state index in [1.165, 1.54) is 10.9 Å². The fraction of sp³-hybridized carbons (Fsp3) is 0.231. The Bertz CT molecular complexity index is 1490. The van der Waals surface area contributed by atoms with Gasteiger partial charge >= 0.3 is 12.4 Å². The highest BCUT2D eigenvalue weighted by molar-refractivity contribution is 6.35. The quantitative estimate of drug-likeness (QED) is 0.188. The van der Waals surface area contributed by atoms with E-state index in [0.29, 0.717) is 17.8 Å². The molecule has 0 unspecified atom stereocenters. The van der Waals surface area contributed by atoms with Crippen LogP contribution in [0.5, 0.6) is 0 Å². The van der Waals surface area contributed by atoms with Crippen LogP contribution in [-0.4, -0.2) is 25.8 Å². The molecule has 1 aliphatic carbocycles. The number of ketones is 1. The predicted molar refractivity (Wildman–Crippen MR) is 126 cm³/mol. The van der Waals surface area contributed by atoms with Crippen molar-refractivity contribution in [3.05, 3.63) is 99.3 Å². The second kappa shape index (κ2) is 9.54. The average molecular weight is 551 g/mol. The van der Waals surface area contributed by atoms with Gasteiger partial charge in [-0.05, 0) is 60.9 Å². The third-order valence-corrected chi connectivity index (χ3v) is 6.44. The van der Waals surface area contributed by atoms with Gasteiger partial charge in [0.2, 0.25) is 0 Å². The van der Waals surface area contributed by atoms with Gasteiger partial charge < -0.3 is 0 Å². The first kappa shape index (κ1) is 25.9. The summed E-state index contributed by atoms with van der Waals surface area (Å²) in [4.78, 5) is 17.7. The standard InChI is InChI=1S/C26H17ClF6N4O/c27-20-6-2-1-4-18(20)24(38)19-5-3-9-34-21(19)22-23(15-7-8-15)37(36-35-22)13-14-10-16(25(28,29)30)12-17(11-14)26(31,32)33/h1-6,9-12,15H,7-8,13H2. The lowest BCUT2D eigenvalue weighted by Crippen LogP contribution is -2.14. The highest BCUT2D eigenvalue weighted by Gasteiger charge is 2.38. The smallest absolute Gasteiger partial charge is 0.288 e. The van der Waals surface area contributed by atoms with E-state index in [-0.39, 0.29) is 51.6 Å². The van der Waals surface area contributed by atoms with Crippen molar-refractivity contribution in [2.24, 2.45) is 0 Å². The van der Waals surface area contributed by atoms with E-state index >= 15 is 0 Å². The molecule has 5 rings (SSSR count). The van der Waals surface area contributed by atoms with Crippen LogP contribution < -0.4 is 0 Å². The first-order chi connectivity index (χ1) is 17.9. The molecule has 196 valence electrons. The molecular weight excluding hydrogens is 534 g/mol. The molecule has 0 bridgehead atoms. The van der Waals surface area contributed by atoms with Crippen molar-refractivity contribution in [1.82, 2.24) is 20.0 Å². The zero-order valence-corrected chi connectivity index (χ0v) is 20.1. The lowest BCUT2D eigenvalue weighted by Gasteiger charge is -2.15. The van der Waals surface area contributed by atoms with E-state index in [1.54, 1.807) is 36.4 Å². The molecule has 0 radical (unpaired) electrons. The van der Waals surface area contributed by atoms with Crippen LogP contribution in [0.4, 0.5) is 26.3 Å². The monoisotopic (exact) mass is 550 g/mol. The molecular formula is C26H17ClF6N4O. The van der Waals surface area contributed by atoms with Crippen LogP contribution in [0, 0.1) is 0 Å². The number of rotatable bonds is 6. The molecule has 5 nitrogen and oxygen atoms in total. The number of halogens is 7. The first-order valence-corrected chi connectivity index (χ1v) is 11.8. The summed E-state index contributed by atoms with van der Waals surface area (Å²) < 4.78 is 81.4. The van der Waals surface area contributed by atoms with Crippen molar-refractivity contribution in [2.75, 3.05) is 0 Å². The molecule has 0 N–H and O–H groups in total. The SMILES string of the molecule is O=C(c1ccccc1Cl)c1cccnc1-c1nnn(Cc2cc(C(F)(F)F)cc(C(F)(F)F)c2)c1C1CC1. The molecule has 0 aliphatic heterocycles. The maximum absolute atomic E-state index is 13.4. The van der Waals surface area contributed by atoms with Crippen molar-refractivity contribution in [2.45, 2.75) is 37.7 Å². The number of benzene rings is 2. The molecule has 12 heteroatoms. The van der Waals surface area contributed by atoms with Crippen LogP contribution in [0.1, 0.15) is 57.1 Å². The Balaban J connectivity index is 1.58. The van der Waals surface area contributed by atoms with Crippen LogP contribution >= 0.6 is 11.6 Å². The minimum Gasteiger partial charge on any atom is -0.288 e. The number of alkyl halides is 6. The molecule has 0 saturated heterocycles. The molecule has 0 spiro atoms. The van der Waals surface area contributed by atoms with E-state index in [9.17, 15) is 31.1 Å². The van der Waals surface area contributed by atoms with Crippen LogP contribution in [-0.2, 0) is 18.9 Å². The molecule has 2 aromatic heterocycles. The Morgan fingerprint density at radius 3 is 2.13 bits per heavy atom. The second-order valence-corrected chi connectivity index (χ2v) is 9.29. The van der Waals surface area contributed by atoms with Gasteiger partial charge in [0.15, 0.2) is 5.78 Å². The minimum atomic E-state index is -4.97. The number of pyridine rings is 1. The second-order valence-electron chi connectivity index (χ2n) is 8.88. The Morgan fingerprint density at radius 1 is 0.895 bits per heavy atom. The molecule has 38 heavy (non-hydrogen) atoms. The third-order valence-electron chi connectivity index (χ3n) is 6.11. The highest BCUT2D eigenvalue weighted by Crippen LogP contribution is 2.44. The van der Waals surface area contributed by atoms with Gasteiger partial charge in [0.25, 0.3) is 0 Å². The molecule has 1 saturated carbocycles. The van der Waals surface area contributed by atoms with E-state index in [1.807, 2.05) is 0 Å². The number of nitrogens with zero attached hydrogens (tertiary/aromatic N) is 4. The van der Waals surface area contributed by atoms with Gasteiger partial charge in [0.05, 0.1) is 34.0 Å². The molecule has 0 atom stereocenters. The molecule has 2 heterocycles. The van der Waals surface area contributed by atoms with Gasteiger partial charge in [0, 0.05) is 17.7 Å². The van der Waals surface area contributed by atoms with Crippen molar-refractivity contribution >= 4 is 17.4 Å². The zero-order chi connectivity index (χ0) is 27.2. The molecule has 1 fully saturated rings. The maximum atomic E-state index is 13.4. The summed E-state index contributed by atoms with van der Waals surface area (Å²) in [7, 11) is 0. The minimum absolute atomic E-state index is 0.0819. The summed E-state index contributed by atoms with van der Waals surface area (Å²) in [6.07, 6.45) is -7.04. The Labute approximate surface area is 217 Å². The van der Waals surface area contributed by atoms with Crippen molar-refractivity contribution < 1.29 is 31.1 Å². The van der Waals surface area contributed by atoms with Crippen LogP contribution in [0.25, 0.3) is 11.4 Å². The van der Waals surface area contributed by atoms with Gasteiger partial charge in [-0.25, -0.2) is 4.68 Å². The van der Waals surface area contributed by atoms with Gasteiger partial charge in [-0.3, -0.25) is 9.78 Å². The summed E-state index contributed by atoms with van der Waals surface area (Å²) >= 11 is 6.21. The van der Waals surface area contributed by atoms with Crippen molar-refractivity contribution in [1.29, 1.82) is 0 Å². The normalized spacial score (nSPS) is 14.1. The fourth-order valence-corrected chi connectivity index (χ4v) is 4.44. The van der Waals surface area contributed by atoms with E-state index in [0.717, 1.165) is 12.8 Å². The third kappa shape index (κ3) is 5.15. The molecule has 2 aromatic carbocycles. The van der Waals surface area contributed by atoms with Gasteiger partial charge in [-0.2, -0.15) is 26.3 Å². The van der Waals surface area contributed by atoms with Crippen LogP contribution in [0.3, 0.4) is 0 Å². The summed E-state index contributed by atoms with van der Waals surface area (Å²) in [5, 5.41) is 8.46. The number of hydrogen-bond acceptors (Lipinski definition) is 4. The van der Waals surface area contributed by atoms with Crippen LogP contribution in [0.15, 0.2) is 60.8 Å². The van der Waals surface area contributed by atoms with Gasteiger partial charge in [-0.15, -0.1) is 5.10 Å². The zero-order valence-electron chi connectivity index (χ0n) is 19.3. The van der Waals surface area contributed by atoms with E-state index in [4.69, 9.17) is 11.6 Å². The number of hydrogen-bond donors (Lipinski definition) is 0. The Kier molecular flexibility index (Phi) is 6.50. The first-order valence-electron chi connectivity index (χ1n) is 11.4. The van der Waals surface area contributed by atoms with Gasteiger partial charge in [0.1, 0.15) is 11.4 Å². The van der Waals surface area contributed by atoms with Gasteiger partial charge in [-0.1, -0.05) is 28.9 Å². The summed E-state index contributed by atoms with van der Waals surface area (Å²) in [5.74, 6) is -0.499. The summed E-state index contributed by atoms with van der Waals surface area (Å²) in [6.45, 7) is -0.382. The van der Waals surface area contributed by atoms with E-state index in [2.05, 4.69) is 15.3 Å². The summed E-state index contributed by atoms with van der Waals surface area (Å²) in [6, 6.07) is 11.0. The average Bonchev–Trinajstić information content (AvgIpc) is 3.62. The topological polar surface area (TPSA) is 60.7 Å². The Hall–Kier alpha value is -3.73. The lowest BCUT2D eigenvalue weighted by atomic mass is 9.99.